The third-order valence-corrected chi connectivity index (χ3v) is 4.82. The molecule has 1 aromatic heterocycles. The molecule has 164 valence electrons. The molecule has 1 aliphatic rings. The minimum absolute atomic E-state index is 0. The minimum Gasteiger partial charge on any atom is -0.375 e. The number of hydrogen-bond donors (Lipinski definition) is 1. The molecule has 1 aromatic carbocycles. The number of anilines is 1. The highest BCUT2D eigenvalue weighted by Crippen LogP contribution is 2.17. The van der Waals surface area contributed by atoms with Crippen molar-refractivity contribution in [3.05, 3.63) is 59.5 Å². The fourth-order valence-electron chi connectivity index (χ4n) is 3.33. The molecule has 2 heterocycles. The van der Waals surface area contributed by atoms with Crippen LogP contribution in [0.4, 0.5) is 10.2 Å². The van der Waals surface area contributed by atoms with Crippen molar-refractivity contribution in [1.29, 1.82) is 0 Å². The molecule has 0 bridgehead atoms. The summed E-state index contributed by atoms with van der Waals surface area (Å²) in [5, 5.41) is 3.33. The van der Waals surface area contributed by atoms with E-state index in [2.05, 4.69) is 28.2 Å². The minimum atomic E-state index is -0.222. The van der Waals surface area contributed by atoms with Gasteiger partial charge in [-0.25, -0.2) is 14.4 Å². The lowest BCUT2D eigenvalue weighted by Crippen LogP contribution is -2.41. The Balaban J connectivity index is 0.00000320. The van der Waals surface area contributed by atoms with Crippen molar-refractivity contribution in [2.75, 3.05) is 38.2 Å². The van der Waals surface area contributed by atoms with Crippen LogP contribution in [0.5, 0.6) is 0 Å². The molecule has 1 unspecified atom stereocenters. The maximum Gasteiger partial charge on any atom is 0.194 e. The Morgan fingerprint density at radius 1 is 1.30 bits per heavy atom. The quantitative estimate of drug-likeness (QED) is 0.353. The smallest absolute Gasteiger partial charge is 0.194 e. The van der Waals surface area contributed by atoms with Crippen LogP contribution >= 0.6 is 24.0 Å². The molecule has 1 aliphatic heterocycles. The van der Waals surface area contributed by atoms with E-state index in [0.29, 0.717) is 13.1 Å². The van der Waals surface area contributed by atoms with E-state index in [1.54, 1.807) is 12.1 Å². The van der Waals surface area contributed by atoms with Gasteiger partial charge in [0.15, 0.2) is 5.96 Å². The number of aromatic nitrogens is 1. The molecule has 1 N–H and O–H groups in total. The van der Waals surface area contributed by atoms with Gasteiger partial charge in [-0.2, -0.15) is 0 Å². The summed E-state index contributed by atoms with van der Waals surface area (Å²) in [6, 6.07) is 10.7. The lowest BCUT2D eigenvalue weighted by Gasteiger charge is -2.32. The summed E-state index contributed by atoms with van der Waals surface area (Å²) >= 11 is 0. The number of halogens is 2. The Bertz CT molecular complexity index is 817. The summed E-state index contributed by atoms with van der Waals surface area (Å²) in [5.74, 6) is 1.56. The predicted octanol–water partition coefficient (Wildman–Crippen LogP) is 3.66. The van der Waals surface area contributed by atoms with Gasteiger partial charge in [0, 0.05) is 39.4 Å². The van der Waals surface area contributed by atoms with E-state index in [-0.39, 0.29) is 35.9 Å². The first kappa shape index (κ1) is 24.3. The fraction of sp³-hybridized carbons (Fsp3) is 0.455. The Kier molecular flexibility index (Phi) is 9.77. The van der Waals surface area contributed by atoms with Gasteiger partial charge in [-0.3, -0.25) is 0 Å². The maximum absolute atomic E-state index is 13.1. The first-order valence-corrected chi connectivity index (χ1v) is 10.1. The number of benzene rings is 1. The molecule has 8 heteroatoms. The van der Waals surface area contributed by atoms with Crippen LogP contribution in [0.25, 0.3) is 0 Å². The van der Waals surface area contributed by atoms with Gasteiger partial charge in [0.1, 0.15) is 11.6 Å². The van der Waals surface area contributed by atoms with Gasteiger partial charge in [0.2, 0.25) is 0 Å². The van der Waals surface area contributed by atoms with Crippen LogP contribution in [0.2, 0.25) is 0 Å². The average molecular weight is 527 g/mol. The normalized spacial score (nSPS) is 16.7. The molecule has 0 amide bonds. The topological polar surface area (TPSA) is 53.0 Å². The van der Waals surface area contributed by atoms with Gasteiger partial charge < -0.3 is 19.9 Å². The van der Waals surface area contributed by atoms with Crippen LogP contribution in [0.1, 0.15) is 25.0 Å². The van der Waals surface area contributed by atoms with Crippen molar-refractivity contribution >= 4 is 35.8 Å². The first-order valence-electron chi connectivity index (χ1n) is 10.1. The van der Waals surface area contributed by atoms with Crippen molar-refractivity contribution in [1.82, 2.24) is 15.2 Å². The molecule has 0 aliphatic carbocycles. The summed E-state index contributed by atoms with van der Waals surface area (Å²) in [4.78, 5) is 13.6. The number of pyridine rings is 1. The zero-order valence-corrected chi connectivity index (χ0v) is 20.2. The lowest BCUT2D eigenvalue weighted by atomic mass is 10.2. The third-order valence-electron chi connectivity index (χ3n) is 4.82. The summed E-state index contributed by atoms with van der Waals surface area (Å²) in [6.07, 6.45) is 2.06. The Morgan fingerprint density at radius 3 is 2.77 bits per heavy atom. The van der Waals surface area contributed by atoms with Crippen molar-refractivity contribution in [2.24, 2.45) is 4.99 Å². The van der Waals surface area contributed by atoms with E-state index >= 15 is 0 Å². The van der Waals surface area contributed by atoms with Gasteiger partial charge in [0.05, 0.1) is 19.3 Å². The zero-order chi connectivity index (χ0) is 20.6. The summed E-state index contributed by atoms with van der Waals surface area (Å²) in [7, 11) is 1.98. The number of hydrogen-bond acceptors (Lipinski definition) is 4. The van der Waals surface area contributed by atoms with Gasteiger partial charge in [0.25, 0.3) is 0 Å². The molecule has 6 nitrogen and oxygen atoms in total. The van der Waals surface area contributed by atoms with Gasteiger partial charge in [-0.1, -0.05) is 12.1 Å². The number of guanidine groups is 1. The fourth-order valence-corrected chi connectivity index (χ4v) is 3.33. The Labute approximate surface area is 195 Å². The van der Waals surface area contributed by atoms with Crippen molar-refractivity contribution in [2.45, 2.75) is 33.0 Å². The Hall–Kier alpha value is -1.94. The molecule has 0 spiro atoms. The third kappa shape index (κ3) is 7.09. The van der Waals surface area contributed by atoms with Crippen LogP contribution in [-0.2, 0) is 17.8 Å². The van der Waals surface area contributed by atoms with Crippen LogP contribution < -0.4 is 10.2 Å². The molecule has 0 saturated carbocycles. The number of ether oxygens (including phenoxy) is 1. The Morgan fingerprint density at radius 2 is 2.07 bits per heavy atom. The molecule has 1 atom stereocenters. The zero-order valence-electron chi connectivity index (χ0n) is 17.8. The highest BCUT2D eigenvalue weighted by atomic mass is 127. The van der Waals surface area contributed by atoms with Gasteiger partial charge >= 0.3 is 0 Å². The van der Waals surface area contributed by atoms with E-state index in [4.69, 9.17) is 9.73 Å². The number of morpholine rings is 1. The second-order valence-electron chi connectivity index (χ2n) is 7.30. The lowest BCUT2D eigenvalue weighted by molar-refractivity contribution is 0.0529. The van der Waals surface area contributed by atoms with E-state index in [1.165, 1.54) is 12.1 Å². The summed E-state index contributed by atoms with van der Waals surface area (Å²) in [5.41, 5.74) is 2.15. The predicted molar refractivity (Wildman–Crippen MR) is 130 cm³/mol. The second-order valence-corrected chi connectivity index (χ2v) is 7.30. The van der Waals surface area contributed by atoms with Gasteiger partial charge in [-0.05, 0) is 49.2 Å². The van der Waals surface area contributed by atoms with Crippen molar-refractivity contribution in [3.8, 4) is 0 Å². The number of aliphatic imine (C=N–C) groups is 1. The highest BCUT2D eigenvalue weighted by molar-refractivity contribution is 14.0. The molecule has 1 saturated heterocycles. The molecule has 0 radical (unpaired) electrons. The van der Waals surface area contributed by atoms with Gasteiger partial charge in [-0.15, -0.1) is 24.0 Å². The average Bonchev–Trinajstić information content (AvgIpc) is 2.73. The van der Waals surface area contributed by atoms with Crippen molar-refractivity contribution in [3.63, 3.8) is 0 Å². The van der Waals surface area contributed by atoms with E-state index in [9.17, 15) is 4.39 Å². The van der Waals surface area contributed by atoms with E-state index in [0.717, 1.165) is 49.1 Å². The standard InChI is InChI=1S/C22H30FN5O.HI/c1-4-24-22(27(3)16-18-5-7-20(23)8-6-18)26-14-19-9-10-25-21(13-19)28-11-12-29-17(2)15-28;/h5-10,13,17H,4,11-12,14-16H2,1-3H3,(H,24,26);1H. The van der Waals surface area contributed by atoms with E-state index < -0.39 is 0 Å². The van der Waals surface area contributed by atoms with Crippen LogP contribution in [0.3, 0.4) is 0 Å². The molecule has 30 heavy (non-hydrogen) atoms. The second kappa shape index (κ2) is 12.0. The SMILES string of the molecule is CCNC(=NCc1ccnc(N2CCOC(C)C2)c1)N(C)Cc1ccc(F)cc1.I. The highest BCUT2D eigenvalue weighted by Gasteiger charge is 2.18. The monoisotopic (exact) mass is 527 g/mol. The van der Waals surface area contributed by atoms with Crippen LogP contribution in [0.15, 0.2) is 47.6 Å². The molecule has 1 fully saturated rings. The van der Waals surface area contributed by atoms with Crippen molar-refractivity contribution < 1.29 is 9.13 Å². The largest absolute Gasteiger partial charge is 0.375 e. The molecular weight excluding hydrogens is 496 g/mol. The molecule has 2 aromatic rings. The van der Waals surface area contributed by atoms with Crippen LogP contribution in [-0.4, -0.2) is 55.2 Å². The summed E-state index contributed by atoms with van der Waals surface area (Å²) < 4.78 is 18.8. The van der Waals surface area contributed by atoms with Crippen LogP contribution in [0, 0.1) is 5.82 Å². The number of nitrogens with one attached hydrogen (secondary N) is 1. The number of rotatable bonds is 6. The maximum atomic E-state index is 13.1. The van der Waals surface area contributed by atoms with E-state index in [1.807, 2.05) is 31.1 Å². The summed E-state index contributed by atoms with van der Waals surface area (Å²) in [6.45, 7) is 8.55. The molecule has 3 rings (SSSR count). The number of nitrogens with zero attached hydrogens (tertiary/aromatic N) is 4. The first-order chi connectivity index (χ1) is 14.0. The molecular formula is C22H31FIN5O.